The zero-order chi connectivity index (χ0) is 12.0. The van der Waals surface area contributed by atoms with Gasteiger partial charge in [0.15, 0.2) is 0 Å². The number of carboxylic acids is 1. The third kappa shape index (κ3) is 4.00. The standard InChI is InChI=1S/C13H24O2S/c1-3-5-10-6-7-11(13(14)15)12(9-10)16-8-4-2/h10-12H,3-9H2,1-2H3,(H,14,15). The fourth-order valence-corrected chi connectivity index (χ4v) is 4.05. The predicted molar refractivity (Wildman–Crippen MR) is 69.9 cm³/mol. The van der Waals surface area contributed by atoms with E-state index >= 15 is 0 Å². The first-order valence-electron chi connectivity index (χ1n) is 6.53. The number of aliphatic carboxylic acids is 1. The van der Waals surface area contributed by atoms with Crippen LogP contribution in [0.3, 0.4) is 0 Å². The van der Waals surface area contributed by atoms with Gasteiger partial charge in [0.2, 0.25) is 0 Å². The summed E-state index contributed by atoms with van der Waals surface area (Å²) in [5, 5.41) is 9.57. The van der Waals surface area contributed by atoms with Crippen LogP contribution in [0.25, 0.3) is 0 Å². The van der Waals surface area contributed by atoms with Crippen LogP contribution in [0.2, 0.25) is 0 Å². The van der Waals surface area contributed by atoms with Crippen LogP contribution in [0.5, 0.6) is 0 Å². The van der Waals surface area contributed by atoms with E-state index in [0.717, 1.165) is 37.4 Å². The molecule has 94 valence electrons. The van der Waals surface area contributed by atoms with Gasteiger partial charge in [-0.15, -0.1) is 0 Å². The first kappa shape index (κ1) is 13.9. The Hall–Kier alpha value is -0.180. The van der Waals surface area contributed by atoms with Crippen molar-refractivity contribution < 1.29 is 9.90 Å². The van der Waals surface area contributed by atoms with Crippen LogP contribution in [-0.4, -0.2) is 22.1 Å². The van der Waals surface area contributed by atoms with Crippen molar-refractivity contribution in [2.75, 3.05) is 5.75 Å². The van der Waals surface area contributed by atoms with Crippen molar-refractivity contribution >= 4 is 17.7 Å². The van der Waals surface area contributed by atoms with Gasteiger partial charge in [0.25, 0.3) is 0 Å². The lowest BCUT2D eigenvalue weighted by molar-refractivity contribution is -0.142. The molecule has 1 rings (SSSR count). The largest absolute Gasteiger partial charge is 0.481 e. The number of carboxylic acid groups (broad SMARTS) is 1. The van der Waals surface area contributed by atoms with E-state index in [1.807, 2.05) is 11.8 Å². The lowest BCUT2D eigenvalue weighted by Gasteiger charge is -2.33. The Morgan fingerprint density at radius 1 is 1.31 bits per heavy atom. The highest BCUT2D eigenvalue weighted by Gasteiger charge is 2.34. The van der Waals surface area contributed by atoms with Gasteiger partial charge in [0.1, 0.15) is 0 Å². The molecule has 3 heteroatoms. The van der Waals surface area contributed by atoms with Crippen molar-refractivity contribution in [2.45, 2.75) is 57.6 Å². The van der Waals surface area contributed by atoms with E-state index in [4.69, 9.17) is 0 Å². The van der Waals surface area contributed by atoms with Crippen molar-refractivity contribution in [3.05, 3.63) is 0 Å². The van der Waals surface area contributed by atoms with Gasteiger partial charge in [0.05, 0.1) is 5.92 Å². The lowest BCUT2D eigenvalue weighted by Crippen LogP contribution is -2.33. The molecule has 0 aliphatic heterocycles. The van der Waals surface area contributed by atoms with Crippen molar-refractivity contribution in [3.63, 3.8) is 0 Å². The van der Waals surface area contributed by atoms with Crippen LogP contribution in [0.4, 0.5) is 0 Å². The molecule has 3 atom stereocenters. The summed E-state index contributed by atoms with van der Waals surface area (Å²) in [7, 11) is 0. The van der Waals surface area contributed by atoms with E-state index in [0.29, 0.717) is 5.25 Å². The SMILES string of the molecule is CCCSC1CC(CCC)CCC1C(=O)O. The molecule has 1 N–H and O–H groups in total. The van der Waals surface area contributed by atoms with E-state index in [2.05, 4.69) is 13.8 Å². The summed E-state index contributed by atoms with van der Waals surface area (Å²) < 4.78 is 0. The molecular weight excluding hydrogens is 220 g/mol. The van der Waals surface area contributed by atoms with E-state index in [-0.39, 0.29) is 5.92 Å². The van der Waals surface area contributed by atoms with Crippen molar-refractivity contribution in [2.24, 2.45) is 11.8 Å². The molecule has 0 aromatic heterocycles. The maximum absolute atomic E-state index is 11.2. The highest BCUT2D eigenvalue weighted by atomic mass is 32.2. The van der Waals surface area contributed by atoms with Crippen LogP contribution in [-0.2, 0) is 4.79 Å². The fraction of sp³-hybridized carbons (Fsp3) is 0.923. The van der Waals surface area contributed by atoms with Gasteiger partial charge >= 0.3 is 5.97 Å². The summed E-state index contributed by atoms with van der Waals surface area (Å²) in [4.78, 5) is 11.2. The minimum Gasteiger partial charge on any atom is -0.481 e. The molecule has 1 fully saturated rings. The topological polar surface area (TPSA) is 37.3 Å². The van der Waals surface area contributed by atoms with E-state index < -0.39 is 5.97 Å². The molecule has 1 saturated carbocycles. The van der Waals surface area contributed by atoms with Gasteiger partial charge in [-0.25, -0.2) is 0 Å². The van der Waals surface area contributed by atoms with Gasteiger partial charge in [0, 0.05) is 5.25 Å². The molecule has 0 radical (unpaired) electrons. The Balaban J connectivity index is 2.50. The summed E-state index contributed by atoms with van der Waals surface area (Å²) >= 11 is 1.88. The maximum Gasteiger partial charge on any atom is 0.307 e. The van der Waals surface area contributed by atoms with Gasteiger partial charge in [-0.05, 0) is 37.4 Å². The Labute approximate surface area is 103 Å². The second kappa shape index (κ2) is 7.21. The third-order valence-electron chi connectivity index (χ3n) is 3.45. The average molecular weight is 244 g/mol. The molecule has 2 nitrogen and oxygen atoms in total. The van der Waals surface area contributed by atoms with Crippen molar-refractivity contribution in [3.8, 4) is 0 Å². The molecule has 0 aromatic rings. The summed E-state index contributed by atoms with van der Waals surface area (Å²) in [6.45, 7) is 4.38. The summed E-state index contributed by atoms with van der Waals surface area (Å²) in [5.41, 5.74) is 0. The normalized spacial score (nSPS) is 30.2. The fourth-order valence-electron chi connectivity index (χ4n) is 2.62. The molecule has 0 spiro atoms. The summed E-state index contributed by atoms with van der Waals surface area (Å²) in [6.07, 6.45) is 6.78. The van der Waals surface area contributed by atoms with Crippen LogP contribution >= 0.6 is 11.8 Å². The highest BCUT2D eigenvalue weighted by Crippen LogP contribution is 2.38. The number of rotatable bonds is 6. The second-order valence-electron chi connectivity index (χ2n) is 4.82. The Morgan fingerprint density at radius 2 is 2.06 bits per heavy atom. The summed E-state index contributed by atoms with van der Waals surface area (Å²) in [6, 6.07) is 0. The third-order valence-corrected chi connectivity index (χ3v) is 5.04. The van der Waals surface area contributed by atoms with Gasteiger partial charge in [-0.1, -0.05) is 26.7 Å². The van der Waals surface area contributed by atoms with Crippen LogP contribution in [0.15, 0.2) is 0 Å². The van der Waals surface area contributed by atoms with Crippen LogP contribution in [0.1, 0.15) is 52.4 Å². The van der Waals surface area contributed by atoms with E-state index in [1.54, 1.807) is 0 Å². The number of carbonyl (C=O) groups is 1. The second-order valence-corrected chi connectivity index (χ2v) is 6.17. The van der Waals surface area contributed by atoms with Gasteiger partial charge in [-0.3, -0.25) is 4.79 Å². The van der Waals surface area contributed by atoms with Gasteiger partial charge in [-0.2, -0.15) is 11.8 Å². The van der Waals surface area contributed by atoms with Gasteiger partial charge < -0.3 is 5.11 Å². The monoisotopic (exact) mass is 244 g/mol. The quantitative estimate of drug-likeness (QED) is 0.772. The Bertz CT molecular complexity index is 218. The van der Waals surface area contributed by atoms with Crippen LogP contribution < -0.4 is 0 Å². The molecule has 1 aliphatic rings. The Morgan fingerprint density at radius 3 is 2.62 bits per heavy atom. The molecule has 3 unspecified atom stereocenters. The zero-order valence-electron chi connectivity index (χ0n) is 10.4. The molecule has 0 amide bonds. The first-order valence-corrected chi connectivity index (χ1v) is 7.58. The molecule has 1 aliphatic carbocycles. The Kier molecular flexibility index (Phi) is 6.25. The highest BCUT2D eigenvalue weighted by molar-refractivity contribution is 7.99. The first-order chi connectivity index (χ1) is 7.69. The van der Waals surface area contributed by atoms with E-state index in [1.165, 1.54) is 12.8 Å². The van der Waals surface area contributed by atoms with Crippen LogP contribution in [0, 0.1) is 11.8 Å². The minimum atomic E-state index is -0.580. The molecular formula is C13H24O2S. The molecule has 0 aromatic carbocycles. The number of thioether (sulfide) groups is 1. The smallest absolute Gasteiger partial charge is 0.307 e. The van der Waals surface area contributed by atoms with E-state index in [9.17, 15) is 9.90 Å². The number of hydrogen-bond donors (Lipinski definition) is 1. The molecule has 16 heavy (non-hydrogen) atoms. The minimum absolute atomic E-state index is 0.0929. The summed E-state index contributed by atoms with van der Waals surface area (Å²) in [5.74, 6) is 1.20. The predicted octanol–water partition coefficient (Wildman–Crippen LogP) is 3.80. The average Bonchev–Trinajstić information content (AvgIpc) is 2.26. The molecule has 0 heterocycles. The maximum atomic E-state index is 11.2. The van der Waals surface area contributed by atoms with Crippen molar-refractivity contribution in [1.82, 2.24) is 0 Å². The number of hydrogen-bond acceptors (Lipinski definition) is 2. The zero-order valence-corrected chi connectivity index (χ0v) is 11.3. The molecule has 0 bridgehead atoms. The lowest BCUT2D eigenvalue weighted by atomic mass is 9.80. The molecule has 0 saturated heterocycles. The van der Waals surface area contributed by atoms with Crippen molar-refractivity contribution in [1.29, 1.82) is 0 Å².